The van der Waals surface area contributed by atoms with E-state index >= 15 is 0 Å². The van der Waals surface area contributed by atoms with Crippen LogP contribution in [0.25, 0.3) is 0 Å². The molecule has 0 aliphatic carbocycles. The Morgan fingerprint density at radius 3 is 2.67 bits per heavy atom. The number of nitrogens with zero attached hydrogens (tertiary/aromatic N) is 1. The number of likely N-dealkylation sites (tertiary alicyclic amines) is 1. The largest absolute Gasteiger partial charge is 0.456 e. The maximum absolute atomic E-state index is 12.7. The Kier molecular flexibility index (Phi) is 6.01. The van der Waals surface area contributed by atoms with Crippen molar-refractivity contribution in [2.75, 3.05) is 19.6 Å². The van der Waals surface area contributed by atoms with Crippen LogP contribution in [-0.2, 0) is 15.8 Å². The Balaban J connectivity index is 1.57. The van der Waals surface area contributed by atoms with E-state index in [-0.39, 0.29) is 17.6 Å². The first-order chi connectivity index (χ1) is 12.8. The number of carbonyl (C=O) groups is 1. The zero-order chi connectivity index (χ0) is 19.4. The number of aryl methyl sites for hydroxylation is 2. The molecule has 7 heteroatoms. The number of sulfonamides is 1. The van der Waals surface area contributed by atoms with Crippen molar-refractivity contribution in [3.63, 3.8) is 0 Å². The van der Waals surface area contributed by atoms with Gasteiger partial charge in [0.1, 0.15) is 5.76 Å². The summed E-state index contributed by atoms with van der Waals surface area (Å²) < 4.78 is 32.9. The number of furan rings is 1. The molecule has 0 radical (unpaired) electrons. The minimum atomic E-state index is -3.40. The summed E-state index contributed by atoms with van der Waals surface area (Å²) in [6.45, 7) is 5.24. The molecule has 0 saturated carbocycles. The molecule has 1 aliphatic rings. The monoisotopic (exact) mass is 390 g/mol. The highest BCUT2D eigenvalue weighted by Gasteiger charge is 2.28. The number of piperidine rings is 1. The molecule has 2 aromatic rings. The molecular formula is C20H26N2O4S. The third-order valence-corrected chi connectivity index (χ3v) is 6.15. The molecule has 27 heavy (non-hydrogen) atoms. The number of carbonyl (C=O) groups excluding carboxylic acids is 1. The minimum Gasteiger partial charge on any atom is -0.456 e. The molecule has 1 atom stereocenters. The SMILES string of the molecule is Cc1cc(C)c(C(=O)N2CCC[C@@H](CNS(=O)(=O)Cc3ccccc3)C2)o1. The fraction of sp³-hybridized carbons (Fsp3) is 0.450. The van der Waals surface area contributed by atoms with Gasteiger partial charge in [-0.1, -0.05) is 30.3 Å². The van der Waals surface area contributed by atoms with Crippen LogP contribution < -0.4 is 4.72 Å². The molecule has 1 aromatic heterocycles. The lowest BCUT2D eigenvalue weighted by molar-refractivity contribution is 0.0642. The van der Waals surface area contributed by atoms with Crippen LogP contribution in [0.15, 0.2) is 40.8 Å². The third kappa shape index (κ3) is 5.20. The Morgan fingerprint density at radius 1 is 1.26 bits per heavy atom. The molecule has 1 amide bonds. The van der Waals surface area contributed by atoms with E-state index in [1.165, 1.54) is 0 Å². The number of hydrogen-bond donors (Lipinski definition) is 1. The summed E-state index contributed by atoms with van der Waals surface area (Å²) in [5.74, 6) is 1.06. The van der Waals surface area contributed by atoms with Gasteiger partial charge in [0.15, 0.2) is 5.76 Å². The van der Waals surface area contributed by atoms with E-state index < -0.39 is 10.0 Å². The van der Waals surface area contributed by atoms with Crippen LogP contribution in [0.4, 0.5) is 0 Å². The quantitative estimate of drug-likeness (QED) is 0.822. The number of rotatable bonds is 6. The highest BCUT2D eigenvalue weighted by Crippen LogP contribution is 2.21. The van der Waals surface area contributed by atoms with Crippen molar-refractivity contribution in [2.24, 2.45) is 5.92 Å². The Morgan fingerprint density at radius 2 is 2.00 bits per heavy atom. The predicted molar refractivity (Wildman–Crippen MR) is 104 cm³/mol. The van der Waals surface area contributed by atoms with E-state index in [0.717, 1.165) is 29.7 Å². The average molecular weight is 391 g/mol. The summed E-state index contributed by atoms with van der Waals surface area (Å²) in [5, 5.41) is 0. The van der Waals surface area contributed by atoms with Gasteiger partial charge in [0.2, 0.25) is 10.0 Å². The first-order valence-corrected chi connectivity index (χ1v) is 10.9. The molecule has 1 fully saturated rings. The second-order valence-electron chi connectivity index (χ2n) is 7.22. The van der Waals surface area contributed by atoms with Crippen LogP contribution >= 0.6 is 0 Å². The van der Waals surface area contributed by atoms with Gasteiger partial charge < -0.3 is 9.32 Å². The standard InChI is InChI=1S/C20H26N2O4S/c1-15-11-16(2)26-19(15)20(23)22-10-6-9-18(13-22)12-21-27(24,25)14-17-7-4-3-5-8-17/h3-5,7-8,11,18,21H,6,9-10,12-14H2,1-2H3/t18-/m0/s1. The number of nitrogens with one attached hydrogen (secondary N) is 1. The van der Waals surface area contributed by atoms with E-state index in [0.29, 0.717) is 25.4 Å². The van der Waals surface area contributed by atoms with Crippen molar-refractivity contribution in [3.05, 3.63) is 59.0 Å². The van der Waals surface area contributed by atoms with Crippen LogP contribution in [0, 0.1) is 19.8 Å². The molecule has 0 spiro atoms. The number of benzene rings is 1. The maximum atomic E-state index is 12.7. The van der Waals surface area contributed by atoms with Gasteiger partial charge in [0.05, 0.1) is 5.75 Å². The van der Waals surface area contributed by atoms with E-state index in [2.05, 4.69) is 4.72 Å². The van der Waals surface area contributed by atoms with E-state index in [4.69, 9.17) is 4.42 Å². The van der Waals surface area contributed by atoms with Crippen LogP contribution in [0.5, 0.6) is 0 Å². The van der Waals surface area contributed by atoms with Gasteiger partial charge in [-0.25, -0.2) is 13.1 Å². The van der Waals surface area contributed by atoms with Crippen molar-refractivity contribution in [2.45, 2.75) is 32.4 Å². The number of hydrogen-bond acceptors (Lipinski definition) is 4. The van der Waals surface area contributed by atoms with Crippen LogP contribution in [-0.4, -0.2) is 38.9 Å². The van der Waals surface area contributed by atoms with Gasteiger partial charge in [-0.05, 0) is 44.2 Å². The first kappa shape index (κ1) is 19.6. The van der Waals surface area contributed by atoms with Gasteiger partial charge in [-0.15, -0.1) is 0 Å². The predicted octanol–water partition coefficient (Wildman–Crippen LogP) is 2.87. The van der Waals surface area contributed by atoms with Crippen LogP contribution in [0.3, 0.4) is 0 Å². The third-order valence-electron chi connectivity index (χ3n) is 4.83. The zero-order valence-corrected chi connectivity index (χ0v) is 16.6. The summed E-state index contributed by atoms with van der Waals surface area (Å²) in [6, 6.07) is 11.0. The van der Waals surface area contributed by atoms with Gasteiger partial charge >= 0.3 is 0 Å². The van der Waals surface area contributed by atoms with Crippen molar-refractivity contribution in [1.29, 1.82) is 0 Å². The normalized spacial score (nSPS) is 17.9. The molecule has 1 N–H and O–H groups in total. The Hall–Kier alpha value is -2.12. The first-order valence-electron chi connectivity index (χ1n) is 9.21. The molecule has 3 rings (SSSR count). The Bertz CT molecular complexity index is 890. The fourth-order valence-corrected chi connectivity index (χ4v) is 4.73. The van der Waals surface area contributed by atoms with Gasteiger partial charge in [-0.2, -0.15) is 0 Å². The molecule has 1 aliphatic heterocycles. The second-order valence-corrected chi connectivity index (χ2v) is 9.03. The van der Waals surface area contributed by atoms with Crippen LogP contribution in [0.2, 0.25) is 0 Å². The molecule has 146 valence electrons. The topological polar surface area (TPSA) is 79.6 Å². The summed E-state index contributed by atoms with van der Waals surface area (Å²) in [5.41, 5.74) is 1.59. The zero-order valence-electron chi connectivity index (χ0n) is 15.8. The summed E-state index contributed by atoms with van der Waals surface area (Å²) in [7, 11) is -3.40. The van der Waals surface area contributed by atoms with E-state index in [9.17, 15) is 13.2 Å². The lowest BCUT2D eigenvalue weighted by Crippen LogP contribution is -2.43. The van der Waals surface area contributed by atoms with Gasteiger partial charge in [-0.3, -0.25) is 4.79 Å². The summed E-state index contributed by atoms with van der Waals surface area (Å²) in [6.07, 6.45) is 1.75. The summed E-state index contributed by atoms with van der Waals surface area (Å²) in [4.78, 5) is 14.5. The molecule has 1 saturated heterocycles. The van der Waals surface area contributed by atoms with Gasteiger partial charge in [0.25, 0.3) is 5.91 Å². The molecule has 2 heterocycles. The average Bonchev–Trinajstić information content (AvgIpc) is 2.98. The molecule has 0 bridgehead atoms. The maximum Gasteiger partial charge on any atom is 0.289 e. The Labute approximate surface area is 160 Å². The lowest BCUT2D eigenvalue weighted by atomic mass is 9.98. The molecule has 6 nitrogen and oxygen atoms in total. The van der Waals surface area contributed by atoms with Crippen molar-refractivity contribution in [1.82, 2.24) is 9.62 Å². The van der Waals surface area contributed by atoms with Crippen molar-refractivity contribution >= 4 is 15.9 Å². The second kappa shape index (κ2) is 8.27. The van der Waals surface area contributed by atoms with Crippen molar-refractivity contribution in [3.8, 4) is 0 Å². The highest BCUT2D eigenvalue weighted by molar-refractivity contribution is 7.88. The van der Waals surface area contributed by atoms with E-state index in [1.54, 1.807) is 17.0 Å². The fourth-order valence-electron chi connectivity index (χ4n) is 3.50. The van der Waals surface area contributed by atoms with Crippen LogP contribution in [0.1, 0.15) is 40.3 Å². The number of amides is 1. The molecule has 1 aromatic carbocycles. The van der Waals surface area contributed by atoms with E-state index in [1.807, 2.05) is 38.1 Å². The van der Waals surface area contributed by atoms with Crippen molar-refractivity contribution < 1.29 is 17.6 Å². The smallest absolute Gasteiger partial charge is 0.289 e. The van der Waals surface area contributed by atoms with Gasteiger partial charge in [0, 0.05) is 25.2 Å². The summed E-state index contributed by atoms with van der Waals surface area (Å²) >= 11 is 0. The minimum absolute atomic E-state index is 0.0337. The highest BCUT2D eigenvalue weighted by atomic mass is 32.2. The molecule has 0 unspecified atom stereocenters. The lowest BCUT2D eigenvalue weighted by Gasteiger charge is -2.32. The molecular weight excluding hydrogens is 364 g/mol.